The minimum absolute atomic E-state index is 0.000515. The Bertz CT molecular complexity index is 349. The number of aliphatic carboxylic acids is 1. The second-order valence-corrected chi connectivity index (χ2v) is 6.45. The van der Waals surface area contributed by atoms with Crippen LogP contribution in [0.2, 0.25) is 0 Å². The molecule has 1 rings (SSSR count). The molecule has 1 aliphatic rings. The lowest BCUT2D eigenvalue weighted by Gasteiger charge is -2.34. The van der Waals surface area contributed by atoms with E-state index in [0.717, 1.165) is 32.2 Å². The predicted molar refractivity (Wildman–Crippen MR) is 83.2 cm³/mol. The van der Waals surface area contributed by atoms with Crippen LogP contribution < -0.4 is 0 Å². The van der Waals surface area contributed by atoms with Crippen molar-refractivity contribution in [3.05, 3.63) is 0 Å². The van der Waals surface area contributed by atoms with Gasteiger partial charge in [-0.05, 0) is 46.8 Å². The fraction of sp³-hybridized carbons (Fsp3) is 0.875. The molecule has 1 N–H and O–H groups in total. The summed E-state index contributed by atoms with van der Waals surface area (Å²) in [5, 5.41) is 9.56. The maximum atomic E-state index is 12.5. The molecular weight excluding hydrogens is 268 g/mol. The SMILES string of the molecule is CCN(CCCN(C)C)C(=O)CC1(C(=O)O)CCCCC1. The molecule has 21 heavy (non-hydrogen) atoms. The van der Waals surface area contributed by atoms with Gasteiger partial charge in [0.1, 0.15) is 0 Å². The smallest absolute Gasteiger partial charge is 0.310 e. The van der Waals surface area contributed by atoms with Crippen molar-refractivity contribution in [1.29, 1.82) is 0 Å². The third-order valence-corrected chi connectivity index (χ3v) is 4.52. The summed E-state index contributed by atoms with van der Waals surface area (Å²) in [5.41, 5.74) is -0.815. The van der Waals surface area contributed by atoms with Gasteiger partial charge in [-0.25, -0.2) is 0 Å². The molecule has 5 heteroatoms. The average Bonchev–Trinajstić information content (AvgIpc) is 2.44. The second-order valence-electron chi connectivity index (χ2n) is 6.45. The molecule has 0 heterocycles. The molecule has 1 fully saturated rings. The molecule has 0 bridgehead atoms. The summed E-state index contributed by atoms with van der Waals surface area (Å²) in [5.74, 6) is -0.791. The van der Waals surface area contributed by atoms with E-state index in [1.54, 1.807) is 0 Å². The highest BCUT2D eigenvalue weighted by Gasteiger charge is 2.42. The number of carboxylic acids is 1. The van der Waals surface area contributed by atoms with Crippen LogP contribution in [0.3, 0.4) is 0 Å². The predicted octanol–water partition coefficient (Wildman–Crippen LogP) is 2.21. The Hall–Kier alpha value is -1.10. The van der Waals surface area contributed by atoms with Gasteiger partial charge >= 0.3 is 5.97 Å². The number of hydrogen-bond donors (Lipinski definition) is 1. The van der Waals surface area contributed by atoms with Crippen molar-refractivity contribution >= 4 is 11.9 Å². The van der Waals surface area contributed by atoms with Crippen LogP contribution in [-0.2, 0) is 9.59 Å². The fourth-order valence-corrected chi connectivity index (χ4v) is 3.13. The fourth-order valence-electron chi connectivity index (χ4n) is 3.13. The zero-order valence-corrected chi connectivity index (χ0v) is 13.7. The zero-order valence-electron chi connectivity index (χ0n) is 13.7. The minimum atomic E-state index is -0.815. The molecular formula is C16H30N2O3. The standard InChI is InChI=1S/C16H30N2O3/c1-4-18(12-8-11-17(2)3)14(19)13-16(15(20)21)9-6-5-7-10-16/h4-13H2,1-3H3,(H,20,21). The molecule has 5 nitrogen and oxygen atoms in total. The highest BCUT2D eigenvalue weighted by Crippen LogP contribution is 2.40. The summed E-state index contributed by atoms with van der Waals surface area (Å²) in [6.07, 6.45) is 5.31. The molecule has 0 saturated heterocycles. The monoisotopic (exact) mass is 298 g/mol. The lowest BCUT2D eigenvalue weighted by Crippen LogP contribution is -2.41. The van der Waals surface area contributed by atoms with Crippen molar-refractivity contribution in [2.45, 2.75) is 51.9 Å². The van der Waals surface area contributed by atoms with Crippen molar-refractivity contribution < 1.29 is 14.7 Å². The average molecular weight is 298 g/mol. The number of nitrogens with zero attached hydrogens (tertiary/aromatic N) is 2. The van der Waals surface area contributed by atoms with Crippen LogP contribution in [0.25, 0.3) is 0 Å². The summed E-state index contributed by atoms with van der Waals surface area (Å²) in [7, 11) is 4.03. The lowest BCUT2D eigenvalue weighted by atomic mass is 9.71. The van der Waals surface area contributed by atoms with Gasteiger partial charge < -0.3 is 14.9 Å². The Morgan fingerprint density at radius 3 is 2.19 bits per heavy atom. The molecule has 0 aliphatic heterocycles. The highest BCUT2D eigenvalue weighted by molar-refractivity contribution is 5.85. The van der Waals surface area contributed by atoms with Crippen molar-refractivity contribution in [1.82, 2.24) is 9.80 Å². The Labute approximate surface area is 128 Å². The van der Waals surface area contributed by atoms with Gasteiger partial charge in [0.25, 0.3) is 0 Å². The van der Waals surface area contributed by atoms with Gasteiger partial charge in [-0.15, -0.1) is 0 Å². The first-order chi connectivity index (χ1) is 9.91. The van der Waals surface area contributed by atoms with Crippen LogP contribution in [0, 0.1) is 5.41 Å². The first-order valence-corrected chi connectivity index (χ1v) is 8.07. The lowest BCUT2D eigenvalue weighted by molar-refractivity contribution is -0.156. The largest absolute Gasteiger partial charge is 0.481 e. The van der Waals surface area contributed by atoms with Crippen LogP contribution in [0.5, 0.6) is 0 Å². The first kappa shape index (κ1) is 18.0. The molecule has 122 valence electrons. The molecule has 0 radical (unpaired) electrons. The van der Waals surface area contributed by atoms with E-state index in [2.05, 4.69) is 4.90 Å². The van der Waals surface area contributed by atoms with Gasteiger partial charge in [0.05, 0.1) is 5.41 Å². The first-order valence-electron chi connectivity index (χ1n) is 8.07. The van der Waals surface area contributed by atoms with Gasteiger partial charge in [-0.2, -0.15) is 0 Å². The maximum absolute atomic E-state index is 12.5. The number of rotatable bonds is 8. The molecule has 0 unspecified atom stereocenters. The van der Waals surface area contributed by atoms with E-state index >= 15 is 0 Å². The van der Waals surface area contributed by atoms with Crippen LogP contribution in [0.1, 0.15) is 51.9 Å². The third kappa shape index (κ3) is 5.30. The number of carbonyl (C=O) groups excluding carboxylic acids is 1. The zero-order chi connectivity index (χ0) is 15.9. The third-order valence-electron chi connectivity index (χ3n) is 4.52. The van der Waals surface area contributed by atoms with E-state index in [9.17, 15) is 14.7 Å². The summed E-state index contributed by atoms with van der Waals surface area (Å²) in [6.45, 7) is 4.26. The quantitative estimate of drug-likeness (QED) is 0.746. The number of carboxylic acid groups (broad SMARTS) is 1. The van der Waals surface area contributed by atoms with Crippen LogP contribution in [0.15, 0.2) is 0 Å². The van der Waals surface area contributed by atoms with Crippen molar-refractivity contribution in [3.63, 3.8) is 0 Å². The molecule has 0 aromatic rings. The molecule has 1 aliphatic carbocycles. The van der Waals surface area contributed by atoms with Crippen LogP contribution in [-0.4, -0.2) is 60.5 Å². The molecule has 0 aromatic carbocycles. The molecule has 1 amide bonds. The number of amides is 1. The van der Waals surface area contributed by atoms with E-state index < -0.39 is 11.4 Å². The van der Waals surface area contributed by atoms with Crippen molar-refractivity contribution in [2.75, 3.05) is 33.7 Å². The molecule has 0 spiro atoms. The maximum Gasteiger partial charge on any atom is 0.310 e. The summed E-state index contributed by atoms with van der Waals surface area (Å²) >= 11 is 0. The van der Waals surface area contributed by atoms with E-state index in [0.29, 0.717) is 25.9 Å². The van der Waals surface area contributed by atoms with Gasteiger partial charge in [-0.1, -0.05) is 19.3 Å². The summed E-state index contributed by atoms with van der Waals surface area (Å²) in [6, 6.07) is 0. The molecule has 0 atom stereocenters. The van der Waals surface area contributed by atoms with E-state index in [4.69, 9.17) is 0 Å². The minimum Gasteiger partial charge on any atom is -0.481 e. The highest BCUT2D eigenvalue weighted by atomic mass is 16.4. The van der Waals surface area contributed by atoms with Crippen LogP contribution in [0.4, 0.5) is 0 Å². The van der Waals surface area contributed by atoms with Crippen LogP contribution >= 0.6 is 0 Å². The van der Waals surface area contributed by atoms with Gasteiger partial charge in [0.15, 0.2) is 0 Å². The van der Waals surface area contributed by atoms with Gasteiger partial charge in [-0.3, -0.25) is 9.59 Å². The normalized spacial score (nSPS) is 17.7. The van der Waals surface area contributed by atoms with Gasteiger partial charge in [0.2, 0.25) is 5.91 Å². The summed E-state index contributed by atoms with van der Waals surface area (Å²) in [4.78, 5) is 28.0. The summed E-state index contributed by atoms with van der Waals surface area (Å²) < 4.78 is 0. The van der Waals surface area contributed by atoms with Crippen molar-refractivity contribution in [3.8, 4) is 0 Å². The van der Waals surface area contributed by atoms with E-state index in [-0.39, 0.29) is 12.3 Å². The van der Waals surface area contributed by atoms with Crippen molar-refractivity contribution in [2.24, 2.45) is 5.41 Å². The molecule has 1 saturated carbocycles. The Kier molecular flexibility index (Phi) is 7.15. The second kappa shape index (κ2) is 8.37. The topological polar surface area (TPSA) is 60.9 Å². The van der Waals surface area contributed by atoms with E-state index in [1.165, 1.54) is 0 Å². The van der Waals surface area contributed by atoms with Gasteiger partial charge in [0, 0.05) is 19.5 Å². The number of carbonyl (C=O) groups is 2. The van der Waals surface area contributed by atoms with E-state index in [1.807, 2.05) is 25.9 Å². The number of hydrogen-bond acceptors (Lipinski definition) is 3. The Morgan fingerprint density at radius 2 is 1.71 bits per heavy atom. The Morgan fingerprint density at radius 1 is 1.10 bits per heavy atom. The molecule has 0 aromatic heterocycles. The Balaban J connectivity index is 2.60.